The van der Waals surface area contributed by atoms with Gasteiger partial charge in [-0.1, -0.05) is 0 Å². The molecule has 1 unspecified atom stereocenters. The minimum Gasteiger partial charge on any atom is -0.479 e. The number of aliphatic carboxylic acids is 1. The van der Waals surface area contributed by atoms with E-state index in [9.17, 15) is 4.79 Å². The van der Waals surface area contributed by atoms with Gasteiger partial charge in [0.25, 0.3) is 0 Å². The lowest BCUT2D eigenvalue weighted by Crippen LogP contribution is -2.45. The van der Waals surface area contributed by atoms with Crippen LogP contribution in [0.15, 0.2) is 24.5 Å². The van der Waals surface area contributed by atoms with Gasteiger partial charge >= 0.3 is 5.97 Å². The molecule has 86 valence electrons. The van der Waals surface area contributed by atoms with Gasteiger partial charge in [0.1, 0.15) is 0 Å². The Morgan fingerprint density at radius 2 is 2.31 bits per heavy atom. The number of ether oxygens (including phenoxy) is 1. The van der Waals surface area contributed by atoms with E-state index in [0.717, 1.165) is 18.7 Å². The van der Waals surface area contributed by atoms with Crippen LogP contribution < -0.4 is 0 Å². The van der Waals surface area contributed by atoms with Gasteiger partial charge in [-0.05, 0) is 17.7 Å². The number of aromatic nitrogens is 1. The quantitative estimate of drug-likeness (QED) is 0.800. The zero-order chi connectivity index (χ0) is 11.4. The Kier molecular flexibility index (Phi) is 3.48. The monoisotopic (exact) mass is 222 g/mol. The highest BCUT2D eigenvalue weighted by molar-refractivity contribution is 5.72. The molecule has 0 spiro atoms. The van der Waals surface area contributed by atoms with E-state index in [1.54, 1.807) is 12.4 Å². The third-order valence-corrected chi connectivity index (χ3v) is 2.58. The first-order valence-corrected chi connectivity index (χ1v) is 5.21. The Hall–Kier alpha value is -1.46. The minimum absolute atomic E-state index is 0.442. The van der Waals surface area contributed by atoms with Gasteiger partial charge < -0.3 is 9.84 Å². The van der Waals surface area contributed by atoms with Crippen LogP contribution in [0, 0.1) is 0 Å². The van der Waals surface area contributed by atoms with Crippen molar-refractivity contribution in [3.05, 3.63) is 30.1 Å². The lowest BCUT2D eigenvalue weighted by atomic mass is 10.2. The highest BCUT2D eigenvalue weighted by Crippen LogP contribution is 2.09. The molecule has 1 N–H and O–H groups in total. The van der Waals surface area contributed by atoms with Crippen LogP contribution in [0.1, 0.15) is 5.56 Å². The molecular weight excluding hydrogens is 208 g/mol. The molecule has 0 saturated carbocycles. The summed E-state index contributed by atoms with van der Waals surface area (Å²) < 4.78 is 5.15. The van der Waals surface area contributed by atoms with Crippen LogP contribution in [0.5, 0.6) is 0 Å². The second-order valence-electron chi connectivity index (χ2n) is 3.79. The summed E-state index contributed by atoms with van der Waals surface area (Å²) >= 11 is 0. The van der Waals surface area contributed by atoms with Crippen molar-refractivity contribution in [2.75, 3.05) is 19.7 Å². The molecule has 1 aromatic heterocycles. The van der Waals surface area contributed by atoms with E-state index in [1.807, 2.05) is 12.1 Å². The molecule has 5 nitrogen and oxygen atoms in total. The molecule has 0 aliphatic carbocycles. The maximum Gasteiger partial charge on any atom is 0.334 e. The molecule has 1 fully saturated rings. The minimum atomic E-state index is -0.889. The Morgan fingerprint density at radius 1 is 1.56 bits per heavy atom. The lowest BCUT2D eigenvalue weighted by molar-refractivity contribution is -0.156. The van der Waals surface area contributed by atoms with Gasteiger partial charge in [-0.25, -0.2) is 4.79 Å². The van der Waals surface area contributed by atoms with Crippen molar-refractivity contribution in [2.24, 2.45) is 0 Å². The van der Waals surface area contributed by atoms with E-state index in [1.165, 1.54) is 0 Å². The van der Waals surface area contributed by atoms with Crippen LogP contribution in [-0.2, 0) is 16.1 Å². The van der Waals surface area contributed by atoms with Gasteiger partial charge in [0.05, 0.1) is 6.61 Å². The number of hydrogen-bond donors (Lipinski definition) is 1. The molecule has 1 saturated heterocycles. The number of morpholine rings is 1. The van der Waals surface area contributed by atoms with Gasteiger partial charge in [-0.15, -0.1) is 0 Å². The molecule has 0 amide bonds. The molecule has 1 aromatic rings. The average molecular weight is 222 g/mol. The van der Waals surface area contributed by atoms with E-state index in [-0.39, 0.29) is 0 Å². The third kappa shape index (κ3) is 2.77. The van der Waals surface area contributed by atoms with Crippen LogP contribution in [0.25, 0.3) is 0 Å². The Bertz CT molecular complexity index is 356. The summed E-state index contributed by atoms with van der Waals surface area (Å²) in [5, 5.41) is 8.86. The van der Waals surface area contributed by atoms with E-state index in [2.05, 4.69) is 9.88 Å². The summed E-state index contributed by atoms with van der Waals surface area (Å²) in [4.78, 5) is 16.8. The van der Waals surface area contributed by atoms with Gasteiger partial charge in [-0.2, -0.15) is 0 Å². The van der Waals surface area contributed by atoms with Crippen molar-refractivity contribution in [1.82, 2.24) is 9.88 Å². The molecule has 1 atom stereocenters. The number of nitrogens with zero attached hydrogens (tertiary/aromatic N) is 2. The van der Waals surface area contributed by atoms with Gasteiger partial charge in [0, 0.05) is 32.0 Å². The Balaban J connectivity index is 1.93. The molecule has 16 heavy (non-hydrogen) atoms. The molecule has 0 aromatic carbocycles. The fourth-order valence-electron chi connectivity index (χ4n) is 1.74. The van der Waals surface area contributed by atoms with E-state index in [4.69, 9.17) is 9.84 Å². The van der Waals surface area contributed by atoms with Crippen LogP contribution >= 0.6 is 0 Å². The average Bonchev–Trinajstić information content (AvgIpc) is 2.30. The summed E-state index contributed by atoms with van der Waals surface area (Å²) in [5.41, 5.74) is 1.14. The molecular formula is C11H14N2O3. The number of carboxylic acid groups (broad SMARTS) is 1. The zero-order valence-electron chi connectivity index (χ0n) is 8.87. The summed E-state index contributed by atoms with van der Waals surface area (Å²) in [6, 6.07) is 3.87. The highest BCUT2D eigenvalue weighted by Gasteiger charge is 2.25. The maximum absolute atomic E-state index is 10.8. The number of carboxylic acids is 1. The second-order valence-corrected chi connectivity index (χ2v) is 3.79. The first kappa shape index (κ1) is 11.0. The first-order valence-electron chi connectivity index (χ1n) is 5.21. The topological polar surface area (TPSA) is 62.7 Å². The first-order chi connectivity index (χ1) is 7.75. The second kappa shape index (κ2) is 5.05. The third-order valence-electron chi connectivity index (χ3n) is 2.58. The van der Waals surface area contributed by atoms with Gasteiger partial charge in [0.15, 0.2) is 6.10 Å². The number of hydrogen-bond acceptors (Lipinski definition) is 4. The standard InChI is InChI=1S/C11H14N2O3/c14-11(15)10-8-13(5-6-16-10)7-9-1-3-12-4-2-9/h1-4,10H,5-8H2,(H,14,15). The van der Waals surface area contributed by atoms with Crippen molar-refractivity contribution in [3.8, 4) is 0 Å². The van der Waals surface area contributed by atoms with Crippen molar-refractivity contribution >= 4 is 5.97 Å². The number of rotatable bonds is 3. The maximum atomic E-state index is 10.8. The van der Waals surface area contributed by atoms with E-state index in [0.29, 0.717) is 13.2 Å². The fourth-order valence-corrected chi connectivity index (χ4v) is 1.74. The van der Waals surface area contributed by atoms with Crippen LogP contribution in [0.2, 0.25) is 0 Å². The SMILES string of the molecule is O=C(O)C1CN(Cc2ccncc2)CCO1. The Labute approximate surface area is 93.7 Å². The number of carbonyl (C=O) groups is 1. The normalized spacial score (nSPS) is 21.9. The molecule has 0 radical (unpaired) electrons. The Morgan fingerprint density at radius 3 is 3.00 bits per heavy atom. The molecule has 2 rings (SSSR count). The van der Waals surface area contributed by atoms with E-state index < -0.39 is 12.1 Å². The van der Waals surface area contributed by atoms with Gasteiger partial charge in [0.2, 0.25) is 0 Å². The highest BCUT2D eigenvalue weighted by atomic mass is 16.5. The summed E-state index contributed by atoms with van der Waals surface area (Å²) in [6.45, 7) is 2.43. The van der Waals surface area contributed by atoms with Crippen molar-refractivity contribution < 1.29 is 14.6 Å². The van der Waals surface area contributed by atoms with Crippen LogP contribution in [-0.4, -0.2) is 46.8 Å². The smallest absolute Gasteiger partial charge is 0.334 e. The largest absolute Gasteiger partial charge is 0.479 e. The van der Waals surface area contributed by atoms with Crippen molar-refractivity contribution in [3.63, 3.8) is 0 Å². The molecule has 0 bridgehead atoms. The number of pyridine rings is 1. The zero-order valence-corrected chi connectivity index (χ0v) is 8.87. The van der Waals surface area contributed by atoms with Crippen LogP contribution in [0.3, 0.4) is 0 Å². The lowest BCUT2D eigenvalue weighted by Gasteiger charge is -2.30. The molecule has 5 heteroatoms. The molecule has 1 aliphatic rings. The predicted molar refractivity (Wildman–Crippen MR) is 56.9 cm³/mol. The molecule has 1 aliphatic heterocycles. The molecule has 2 heterocycles. The van der Waals surface area contributed by atoms with Crippen molar-refractivity contribution in [2.45, 2.75) is 12.6 Å². The predicted octanol–water partition coefficient (Wildman–Crippen LogP) is 0.367. The summed E-state index contributed by atoms with van der Waals surface area (Å²) in [5.74, 6) is -0.889. The van der Waals surface area contributed by atoms with Crippen molar-refractivity contribution in [1.29, 1.82) is 0 Å². The van der Waals surface area contributed by atoms with E-state index >= 15 is 0 Å². The summed E-state index contributed by atoms with van der Waals surface area (Å²) in [6.07, 6.45) is 2.78. The fraction of sp³-hybridized carbons (Fsp3) is 0.455. The van der Waals surface area contributed by atoms with Crippen LogP contribution in [0.4, 0.5) is 0 Å². The van der Waals surface area contributed by atoms with Gasteiger partial charge in [-0.3, -0.25) is 9.88 Å². The summed E-state index contributed by atoms with van der Waals surface area (Å²) in [7, 11) is 0.